The van der Waals surface area contributed by atoms with Crippen LogP contribution >= 0.6 is 0 Å². The molecule has 0 radical (unpaired) electrons. The van der Waals surface area contributed by atoms with Crippen LogP contribution < -0.4 is 9.62 Å². The number of sulfonamides is 1. The average molecular weight is 298 g/mol. The van der Waals surface area contributed by atoms with Crippen molar-refractivity contribution in [2.24, 2.45) is 0 Å². The van der Waals surface area contributed by atoms with Crippen LogP contribution in [0.2, 0.25) is 0 Å². The Morgan fingerprint density at radius 3 is 2.35 bits per heavy atom. The fourth-order valence-corrected chi connectivity index (χ4v) is 3.40. The van der Waals surface area contributed by atoms with Crippen LogP contribution in [0.3, 0.4) is 0 Å². The van der Waals surface area contributed by atoms with E-state index in [-0.39, 0.29) is 18.7 Å². The number of benzene rings is 1. The van der Waals surface area contributed by atoms with Crippen molar-refractivity contribution in [3.05, 3.63) is 24.3 Å². The Bertz CT molecular complexity index is 536. The van der Waals surface area contributed by atoms with Gasteiger partial charge in [-0.15, -0.1) is 0 Å². The molecule has 0 aliphatic heterocycles. The third-order valence-electron chi connectivity index (χ3n) is 3.34. The van der Waals surface area contributed by atoms with Crippen LogP contribution in [0.15, 0.2) is 29.2 Å². The minimum Gasteiger partial charge on any atom is -0.395 e. The fourth-order valence-electron chi connectivity index (χ4n) is 2.10. The van der Waals surface area contributed by atoms with Gasteiger partial charge in [-0.3, -0.25) is 0 Å². The lowest BCUT2D eigenvalue weighted by Gasteiger charge is -2.28. The average Bonchev–Trinajstić information content (AvgIpc) is 3.19. The lowest BCUT2D eigenvalue weighted by molar-refractivity contribution is 0.299. The summed E-state index contributed by atoms with van der Waals surface area (Å²) >= 11 is 0. The van der Waals surface area contributed by atoms with Crippen LogP contribution in [0, 0.1) is 0 Å². The highest BCUT2D eigenvalue weighted by Gasteiger charge is 2.27. The fraction of sp³-hybridized carbons (Fsp3) is 0.571. The Balaban J connectivity index is 2.16. The summed E-state index contributed by atoms with van der Waals surface area (Å²) in [4.78, 5) is 2.32. The number of rotatable bonds is 7. The zero-order valence-electron chi connectivity index (χ0n) is 11.9. The van der Waals surface area contributed by atoms with Crippen molar-refractivity contribution in [2.75, 3.05) is 18.1 Å². The summed E-state index contributed by atoms with van der Waals surface area (Å²) in [5.74, 6) is 0. The third-order valence-corrected chi connectivity index (χ3v) is 4.88. The first-order valence-electron chi connectivity index (χ1n) is 6.94. The number of anilines is 1. The molecule has 0 bridgehead atoms. The summed E-state index contributed by atoms with van der Waals surface area (Å²) in [5.41, 5.74) is 0.916. The van der Waals surface area contributed by atoms with Crippen LogP contribution in [0.5, 0.6) is 0 Å². The molecule has 1 aliphatic carbocycles. The van der Waals surface area contributed by atoms with Gasteiger partial charge in [0.1, 0.15) is 0 Å². The summed E-state index contributed by atoms with van der Waals surface area (Å²) in [6, 6.07) is 7.17. The number of nitrogens with zero attached hydrogens (tertiary/aromatic N) is 1. The number of hydrogen-bond donors (Lipinski definition) is 2. The standard InChI is InChI=1S/C14H22N2O3S/c1-11(2)16(9-10-17)13-5-7-14(8-6-13)20(18,19)15-12-3-4-12/h5-8,11-12,15,17H,3-4,9-10H2,1-2H3. The van der Waals surface area contributed by atoms with Gasteiger partial charge in [0.2, 0.25) is 10.0 Å². The molecule has 0 heterocycles. The van der Waals surface area contributed by atoms with Gasteiger partial charge in [-0.05, 0) is 51.0 Å². The van der Waals surface area contributed by atoms with E-state index in [1.54, 1.807) is 24.3 Å². The molecule has 1 saturated carbocycles. The molecule has 1 aromatic carbocycles. The van der Waals surface area contributed by atoms with Gasteiger partial charge in [0, 0.05) is 24.3 Å². The summed E-state index contributed by atoms with van der Waals surface area (Å²) in [5, 5.41) is 9.09. The molecule has 1 aliphatic rings. The summed E-state index contributed by atoms with van der Waals surface area (Å²) in [6.45, 7) is 4.68. The predicted molar refractivity (Wildman–Crippen MR) is 79.4 cm³/mol. The van der Waals surface area contributed by atoms with E-state index in [1.807, 2.05) is 18.7 Å². The Morgan fingerprint density at radius 2 is 1.90 bits per heavy atom. The van der Waals surface area contributed by atoms with E-state index in [1.165, 1.54) is 0 Å². The lowest BCUT2D eigenvalue weighted by Crippen LogP contribution is -2.33. The third kappa shape index (κ3) is 3.71. The molecule has 2 N–H and O–H groups in total. The Morgan fingerprint density at radius 1 is 1.30 bits per heavy atom. The molecule has 0 atom stereocenters. The first kappa shape index (κ1) is 15.3. The van der Waals surface area contributed by atoms with Gasteiger partial charge in [-0.1, -0.05) is 0 Å². The van der Waals surface area contributed by atoms with Gasteiger partial charge >= 0.3 is 0 Å². The highest BCUT2D eigenvalue weighted by atomic mass is 32.2. The first-order chi connectivity index (χ1) is 9.44. The Hall–Kier alpha value is -1.11. The van der Waals surface area contributed by atoms with Crippen LogP contribution in [0.1, 0.15) is 26.7 Å². The highest BCUT2D eigenvalue weighted by molar-refractivity contribution is 7.89. The van der Waals surface area contributed by atoms with Crippen molar-refractivity contribution in [3.63, 3.8) is 0 Å². The van der Waals surface area contributed by atoms with Gasteiger partial charge in [0.15, 0.2) is 0 Å². The van der Waals surface area contributed by atoms with Crippen LogP contribution in [0.4, 0.5) is 5.69 Å². The van der Waals surface area contributed by atoms with Gasteiger partial charge in [-0.25, -0.2) is 13.1 Å². The Kier molecular flexibility index (Phi) is 4.67. The molecule has 0 amide bonds. The van der Waals surface area contributed by atoms with Crippen molar-refractivity contribution in [1.82, 2.24) is 4.72 Å². The highest BCUT2D eigenvalue weighted by Crippen LogP contribution is 2.24. The molecule has 2 rings (SSSR count). The Labute approximate surface area is 120 Å². The normalized spacial score (nSPS) is 15.6. The predicted octanol–water partition coefficient (Wildman–Crippen LogP) is 1.33. The maximum atomic E-state index is 12.1. The number of aliphatic hydroxyl groups excluding tert-OH is 1. The van der Waals surface area contributed by atoms with Crippen molar-refractivity contribution in [3.8, 4) is 0 Å². The second kappa shape index (κ2) is 6.11. The molecular formula is C14H22N2O3S. The van der Waals surface area contributed by atoms with Gasteiger partial charge in [0.05, 0.1) is 11.5 Å². The molecule has 6 heteroatoms. The van der Waals surface area contributed by atoms with E-state index in [0.29, 0.717) is 11.4 Å². The van der Waals surface area contributed by atoms with Crippen molar-refractivity contribution < 1.29 is 13.5 Å². The van der Waals surface area contributed by atoms with Gasteiger partial charge < -0.3 is 10.0 Å². The molecule has 5 nitrogen and oxygen atoms in total. The van der Waals surface area contributed by atoms with Gasteiger partial charge in [-0.2, -0.15) is 0 Å². The minimum absolute atomic E-state index is 0.0709. The second-order valence-corrected chi connectivity index (χ2v) is 7.11. The molecule has 1 aromatic rings. The largest absolute Gasteiger partial charge is 0.395 e. The summed E-state index contributed by atoms with van der Waals surface area (Å²) in [6.07, 6.45) is 1.85. The van der Waals surface area contributed by atoms with E-state index in [0.717, 1.165) is 18.5 Å². The van der Waals surface area contributed by atoms with E-state index >= 15 is 0 Å². The zero-order valence-corrected chi connectivity index (χ0v) is 12.7. The molecule has 0 saturated heterocycles. The maximum absolute atomic E-state index is 12.1. The molecule has 1 fully saturated rings. The van der Waals surface area contributed by atoms with Crippen molar-refractivity contribution in [1.29, 1.82) is 0 Å². The first-order valence-corrected chi connectivity index (χ1v) is 8.42. The SMILES string of the molecule is CC(C)N(CCO)c1ccc(S(=O)(=O)NC2CC2)cc1. The van der Waals surface area contributed by atoms with Crippen LogP contribution in [0.25, 0.3) is 0 Å². The molecule has 0 spiro atoms. The summed E-state index contributed by atoms with van der Waals surface area (Å²) < 4.78 is 26.8. The zero-order chi connectivity index (χ0) is 14.8. The van der Waals surface area contributed by atoms with E-state index in [4.69, 9.17) is 5.11 Å². The molecule has 112 valence electrons. The van der Waals surface area contributed by atoms with Crippen molar-refractivity contribution in [2.45, 2.75) is 43.7 Å². The smallest absolute Gasteiger partial charge is 0.240 e. The number of nitrogens with one attached hydrogen (secondary N) is 1. The second-order valence-electron chi connectivity index (χ2n) is 5.40. The van der Waals surface area contributed by atoms with E-state index < -0.39 is 10.0 Å². The van der Waals surface area contributed by atoms with Crippen molar-refractivity contribution >= 4 is 15.7 Å². The van der Waals surface area contributed by atoms with Gasteiger partial charge in [0.25, 0.3) is 0 Å². The van der Waals surface area contributed by atoms with E-state index in [9.17, 15) is 8.42 Å². The lowest BCUT2D eigenvalue weighted by atomic mass is 10.2. The summed E-state index contributed by atoms with van der Waals surface area (Å²) in [7, 11) is -3.39. The number of hydrogen-bond acceptors (Lipinski definition) is 4. The molecule has 0 aromatic heterocycles. The van der Waals surface area contributed by atoms with Crippen LogP contribution in [-0.4, -0.2) is 38.8 Å². The maximum Gasteiger partial charge on any atom is 0.240 e. The topological polar surface area (TPSA) is 69.6 Å². The number of aliphatic hydroxyl groups is 1. The quantitative estimate of drug-likeness (QED) is 0.797. The monoisotopic (exact) mass is 298 g/mol. The van der Waals surface area contributed by atoms with Crippen LogP contribution in [-0.2, 0) is 10.0 Å². The molecule has 20 heavy (non-hydrogen) atoms. The minimum atomic E-state index is -3.39. The molecular weight excluding hydrogens is 276 g/mol. The molecule has 0 unspecified atom stereocenters. The van der Waals surface area contributed by atoms with E-state index in [2.05, 4.69) is 4.72 Å².